The fourth-order valence-corrected chi connectivity index (χ4v) is 5.17. The molecule has 11 heteroatoms. The molecule has 1 aliphatic heterocycles. The lowest BCUT2D eigenvalue weighted by molar-refractivity contribution is -0.144. The van der Waals surface area contributed by atoms with Gasteiger partial charge in [0, 0.05) is 18.3 Å². The van der Waals surface area contributed by atoms with Crippen LogP contribution in [0.2, 0.25) is 39.3 Å². The van der Waals surface area contributed by atoms with Gasteiger partial charge in [-0.15, -0.1) is 0 Å². The van der Waals surface area contributed by atoms with Crippen LogP contribution in [0.5, 0.6) is 0 Å². The average Bonchev–Trinajstić information content (AvgIpc) is 2.87. The highest BCUT2D eigenvalue weighted by Gasteiger charge is 2.50. The summed E-state index contributed by atoms with van der Waals surface area (Å²) in [7, 11) is -4.13. The molecule has 0 bridgehead atoms. The first-order valence-electron chi connectivity index (χ1n) is 9.42. The smallest absolute Gasteiger partial charge is 0.330 e. The Hall–Kier alpha value is -1.80. The van der Waals surface area contributed by atoms with Gasteiger partial charge >= 0.3 is 11.7 Å². The van der Waals surface area contributed by atoms with Gasteiger partial charge in [0.05, 0.1) is 0 Å². The standard InChI is InChI=1S/C18H30N2O7Si2/c1-8-14(22)24-11-12-15(26-28(2,3)4)16(27-29(5,6)7)17(25-12)20-10-9-13(21)19-18(20)23/h8-10,12,15-17H,1,11H2,2-7H3,(H,19,21,23)/t12-,15-,16-,17-/m1/s1. The molecule has 1 saturated heterocycles. The minimum atomic E-state index is -2.08. The number of hydrogen-bond donors (Lipinski definition) is 1. The van der Waals surface area contributed by atoms with Crippen molar-refractivity contribution < 1.29 is 23.1 Å². The third-order valence-electron chi connectivity index (χ3n) is 3.95. The number of H-pyrrole nitrogens is 1. The van der Waals surface area contributed by atoms with E-state index in [0.29, 0.717) is 0 Å². The molecule has 162 valence electrons. The van der Waals surface area contributed by atoms with Crippen molar-refractivity contribution in [2.24, 2.45) is 0 Å². The van der Waals surface area contributed by atoms with Crippen molar-refractivity contribution in [2.45, 2.75) is 63.8 Å². The van der Waals surface area contributed by atoms with Crippen molar-refractivity contribution in [3.05, 3.63) is 45.8 Å². The molecule has 29 heavy (non-hydrogen) atoms. The molecule has 9 nitrogen and oxygen atoms in total. The molecule has 0 aliphatic carbocycles. The summed E-state index contributed by atoms with van der Waals surface area (Å²) in [6.45, 7) is 15.5. The zero-order valence-electron chi connectivity index (χ0n) is 17.8. The number of carbonyl (C=O) groups is 1. The van der Waals surface area contributed by atoms with Crippen LogP contribution >= 0.6 is 0 Å². The molecular formula is C18H30N2O7Si2. The molecule has 0 spiro atoms. The number of aromatic amines is 1. The highest BCUT2D eigenvalue weighted by atomic mass is 28.4. The first-order valence-corrected chi connectivity index (χ1v) is 16.2. The monoisotopic (exact) mass is 442 g/mol. The number of aromatic nitrogens is 2. The van der Waals surface area contributed by atoms with Gasteiger partial charge in [-0.05, 0) is 39.3 Å². The van der Waals surface area contributed by atoms with Gasteiger partial charge in [0.25, 0.3) is 5.56 Å². The minimum absolute atomic E-state index is 0.0693. The van der Waals surface area contributed by atoms with Gasteiger partial charge in [0.2, 0.25) is 0 Å². The molecule has 1 aromatic heterocycles. The molecular weight excluding hydrogens is 412 g/mol. The third-order valence-corrected chi connectivity index (χ3v) is 5.91. The Kier molecular flexibility index (Phi) is 7.22. The van der Waals surface area contributed by atoms with Gasteiger partial charge in [-0.25, -0.2) is 9.59 Å². The van der Waals surface area contributed by atoms with Crippen molar-refractivity contribution >= 4 is 22.6 Å². The Morgan fingerprint density at radius 1 is 1.17 bits per heavy atom. The Labute approximate surface area is 171 Å². The SMILES string of the molecule is C=CC(=O)OC[C@H]1O[C@@H](n2ccc(=O)[nH]c2=O)[C@H](O[Si](C)(C)C)[C@@H]1O[Si](C)(C)C. The van der Waals surface area contributed by atoms with Crippen LogP contribution in [0.25, 0.3) is 0 Å². The highest BCUT2D eigenvalue weighted by molar-refractivity contribution is 6.70. The zero-order valence-corrected chi connectivity index (χ0v) is 19.8. The number of esters is 1. The van der Waals surface area contributed by atoms with Gasteiger partial charge in [0.1, 0.15) is 24.9 Å². The average molecular weight is 443 g/mol. The number of rotatable bonds is 8. The predicted octanol–water partition coefficient (Wildman–Crippen LogP) is 1.60. The van der Waals surface area contributed by atoms with Crippen LogP contribution in [-0.2, 0) is 23.1 Å². The third kappa shape index (κ3) is 6.61. The van der Waals surface area contributed by atoms with Gasteiger partial charge in [-0.3, -0.25) is 14.3 Å². The summed E-state index contributed by atoms with van der Waals surface area (Å²) in [5, 5.41) is 0. The van der Waals surface area contributed by atoms with E-state index in [1.54, 1.807) is 0 Å². The van der Waals surface area contributed by atoms with Crippen molar-refractivity contribution in [1.82, 2.24) is 9.55 Å². The summed E-state index contributed by atoms with van der Waals surface area (Å²) in [4.78, 5) is 37.7. The largest absolute Gasteiger partial charge is 0.460 e. The van der Waals surface area contributed by atoms with Crippen molar-refractivity contribution in [2.75, 3.05) is 6.61 Å². The van der Waals surface area contributed by atoms with Crippen molar-refractivity contribution in [1.29, 1.82) is 0 Å². The molecule has 2 heterocycles. The fourth-order valence-electron chi connectivity index (χ4n) is 3.00. The zero-order chi connectivity index (χ0) is 22.0. The molecule has 1 aromatic rings. The minimum Gasteiger partial charge on any atom is -0.460 e. The van der Waals surface area contributed by atoms with Crippen LogP contribution in [0.15, 0.2) is 34.5 Å². The van der Waals surface area contributed by atoms with E-state index in [-0.39, 0.29) is 6.61 Å². The maximum atomic E-state index is 12.4. The lowest BCUT2D eigenvalue weighted by Crippen LogP contribution is -2.49. The maximum Gasteiger partial charge on any atom is 0.330 e. The first-order chi connectivity index (χ1) is 13.3. The number of hydrogen-bond acceptors (Lipinski definition) is 7. The lowest BCUT2D eigenvalue weighted by atomic mass is 10.1. The number of ether oxygens (including phenoxy) is 2. The Bertz CT molecular complexity index is 853. The summed E-state index contributed by atoms with van der Waals surface area (Å²) in [6, 6.07) is 1.25. The summed E-state index contributed by atoms with van der Waals surface area (Å²) in [6.07, 6.45) is -0.186. The van der Waals surface area contributed by atoms with Gasteiger partial charge in [-0.1, -0.05) is 6.58 Å². The summed E-state index contributed by atoms with van der Waals surface area (Å²) in [5.41, 5.74) is -1.11. The summed E-state index contributed by atoms with van der Waals surface area (Å²) in [5.74, 6) is -0.576. The second-order valence-electron chi connectivity index (χ2n) is 8.81. The van der Waals surface area contributed by atoms with Crippen LogP contribution in [0, 0.1) is 0 Å². The van der Waals surface area contributed by atoms with Crippen molar-refractivity contribution in [3.63, 3.8) is 0 Å². The van der Waals surface area contributed by atoms with E-state index in [9.17, 15) is 14.4 Å². The number of carbonyl (C=O) groups excluding carboxylic acids is 1. The summed E-state index contributed by atoms with van der Waals surface area (Å²) < 4.78 is 25.3. The van der Waals surface area contributed by atoms with Crippen LogP contribution in [0.3, 0.4) is 0 Å². The van der Waals surface area contributed by atoms with E-state index in [4.69, 9.17) is 18.3 Å². The van der Waals surface area contributed by atoms with Crippen molar-refractivity contribution in [3.8, 4) is 0 Å². The maximum absolute atomic E-state index is 12.4. The highest BCUT2D eigenvalue weighted by Crippen LogP contribution is 2.36. The van der Waals surface area contributed by atoms with E-state index in [1.165, 1.54) is 16.8 Å². The molecule has 1 fully saturated rings. The number of nitrogens with one attached hydrogen (secondary N) is 1. The van der Waals surface area contributed by atoms with Crippen LogP contribution in [0.4, 0.5) is 0 Å². The molecule has 4 atom stereocenters. The van der Waals surface area contributed by atoms with Gasteiger partial charge in [-0.2, -0.15) is 0 Å². The molecule has 1 aliphatic rings. The van der Waals surface area contributed by atoms with Gasteiger partial charge in [0.15, 0.2) is 22.9 Å². The quantitative estimate of drug-likeness (QED) is 0.370. The predicted molar refractivity (Wildman–Crippen MR) is 113 cm³/mol. The topological polar surface area (TPSA) is 109 Å². The van der Waals surface area contributed by atoms with Crippen LogP contribution < -0.4 is 11.2 Å². The van der Waals surface area contributed by atoms with E-state index < -0.39 is 58.4 Å². The first kappa shape index (κ1) is 23.5. The molecule has 1 N–H and O–H groups in total. The Morgan fingerprint density at radius 3 is 2.28 bits per heavy atom. The fraction of sp³-hybridized carbons (Fsp3) is 0.611. The van der Waals surface area contributed by atoms with Crippen LogP contribution in [0.1, 0.15) is 6.23 Å². The molecule has 0 amide bonds. The van der Waals surface area contributed by atoms with Crippen LogP contribution in [-0.4, -0.2) is 57.1 Å². The molecule has 0 saturated carbocycles. The lowest BCUT2D eigenvalue weighted by Gasteiger charge is -2.34. The normalized spacial score (nSPS) is 25.0. The Morgan fingerprint density at radius 2 is 1.76 bits per heavy atom. The van der Waals surface area contributed by atoms with E-state index >= 15 is 0 Å². The van der Waals surface area contributed by atoms with Gasteiger partial charge < -0.3 is 18.3 Å². The van der Waals surface area contributed by atoms with E-state index in [2.05, 4.69) is 11.6 Å². The second kappa shape index (κ2) is 8.92. The number of nitrogens with zero attached hydrogens (tertiary/aromatic N) is 1. The van der Waals surface area contributed by atoms with E-state index in [1.807, 2.05) is 39.3 Å². The Balaban J connectivity index is 2.46. The molecule has 0 aromatic carbocycles. The molecule has 0 radical (unpaired) electrons. The molecule has 2 rings (SSSR count). The molecule has 0 unspecified atom stereocenters. The van der Waals surface area contributed by atoms with E-state index in [0.717, 1.165) is 6.08 Å². The second-order valence-corrected chi connectivity index (χ2v) is 17.7. The summed E-state index contributed by atoms with van der Waals surface area (Å²) >= 11 is 0.